The maximum absolute atomic E-state index is 6.27. The van der Waals surface area contributed by atoms with Crippen LogP contribution in [0.2, 0.25) is 10.0 Å². The standard InChI is InChI=1S/C15H15Cl2NS/c1-18-15(9-2-3-9)14-7-6-13(19-14)11-5-4-10(16)8-12(11)17/h4-9,15,18H,2-3H2,1H3. The molecule has 3 rings (SSSR count). The molecule has 1 nitrogen and oxygen atoms in total. The Kier molecular flexibility index (Phi) is 3.86. The van der Waals surface area contributed by atoms with Crippen LogP contribution in [0.4, 0.5) is 0 Å². The number of halogens is 2. The molecular formula is C15H15Cl2NS. The van der Waals surface area contributed by atoms with E-state index in [0.29, 0.717) is 16.1 Å². The molecule has 1 N–H and O–H groups in total. The van der Waals surface area contributed by atoms with Gasteiger partial charge in [0.15, 0.2) is 0 Å². The minimum absolute atomic E-state index is 0.491. The van der Waals surface area contributed by atoms with Gasteiger partial charge in [-0.05, 0) is 50.1 Å². The molecule has 19 heavy (non-hydrogen) atoms. The van der Waals surface area contributed by atoms with Crippen LogP contribution in [0.25, 0.3) is 10.4 Å². The summed E-state index contributed by atoms with van der Waals surface area (Å²) in [6.45, 7) is 0. The lowest BCUT2D eigenvalue weighted by Gasteiger charge is -2.12. The normalized spacial score (nSPS) is 16.6. The fourth-order valence-electron chi connectivity index (χ4n) is 2.39. The summed E-state index contributed by atoms with van der Waals surface area (Å²) in [5.41, 5.74) is 1.06. The lowest BCUT2D eigenvalue weighted by molar-refractivity contribution is 0.537. The van der Waals surface area contributed by atoms with Gasteiger partial charge in [-0.25, -0.2) is 0 Å². The molecule has 2 aromatic rings. The Balaban J connectivity index is 1.91. The maximum atomic E-state index is 6.27. The van der Waals surface area contributed by atoms with Crippen LogP contribution in [-0.2, 0) is 0 Å². The molecule has 100 valence electrons. The van der Waals surface area contributed by atoms with E-state index < -0.39 is 0 Å². The summed E-state index contributed by atoms with van der Waals surface area (Å²) < 4.78 is 0. The van der Waals surface area contributed by atoms with E-state index in [1.807, 2.05) is 30.5 Å². The Bertz CT molecular complexity index is 590. The molecule has 1 atom stereocenters. The number of rotatable bonds is 4. The highest BCUT2D eigenvalue weighted by atomic mass is 35.5. The first kappa shape index (κ1) is 13.4. The Morgan fingerprint density at radius 1 is 1.21 bits per heavy atom. The molecule has 4 heteroatoms. The van der Waals surface area contributed by atoms with Gasteiger partial charge in [-0.1, -0.05) is 29.3 Å². The van der Waals surface area contributed by atoms with Gasteiger partial charge in [-0.15, -0.1) is 11.3 Å². The third-order valence-corrected chi connectivity index (χ3v) is 5.28. The van der Waals surface area contributed by atoms with Crippen LogP contribution in [0, 0.1) is 5.92 Å². The van der Waals surface area contributed by atoms with E-state index in [4.69, 9.17) is 23.2 Å². The Hall–Kier alpha value is -0.540. The lowest BCUT2D eigenvalue weighted by Crippen LogP contribution is -2.16. The third-order valence-electron chi connectivity index (χ3n) is 3.53. The van der Waals surface area contributed by atoms with E-state index in [2.05, 4.69) is 17.4 Å². The molecule has 0 amide bonds. The maximum Gasteiger partial charge on any atom is 0.0507 e. The smallest absolute Gasteiger partial charge is 0.0507 e. The van der Waals surface area contributed by atoms with E-state index in [9.17, 15) is 0 Å². The SMILES string of the molecule is CNC(c1ccc(-c2ccc(Cl)cc2Cl)s1)C1CC1. The minimum atomic E-state index is 0.491. The minimum Gasteiger partial charge on any atom is -0.312 e. The van der Waals surface area contributed by atoms with E-state index >= 15 is 0 Å². The van der Waals surface area contributed by atoms with Crippen molar-refractivity contribution in [2.24, 2.45) is 5.92 Å². The second-order valence-corrected chi connectivity index (χ2v) is 6.89. The van der Waals surface area contributed by atoms with Gasteiger partial charge in [0.1, 0.15) is 0 Å². The Morgan fingerprint density at radius 2 is 2.00 bits per heavy atom. The van der Waals surface area contributed by atoms with Crippen molar-refractivity contribution in [2.45, 2.75) is 18.9 Å². The van der Waals surface area contributed by atoms with Crippen molar-refractivity contribution in [1.82, 2.24) is 5.32 Å². The zero-order valence-electron chi connectivity index (χ0n) is 10.6. The van der Waals surface area contributed by atoms with Gasteiger partial charge in [0.25, 0.3) is 0 Å². The summed E-state index contributed by atoms with van der Waals surface area (Å²) in [5.74, 6) is 0.803. The largest absolute Gasteiger partial charge is 0.312 e. The van der Waals surface area contributed by atoms with Gasteiger partial charge in [0.05, 0.1) is 5.02 Å². The summed E-state index contributed by atoms with van der Waals surface area (Å²) in [7, 11) is 2.04. The topological polar surface area (TPSA) is 12.0 Å². The van der Waals surface area contributed by atoms with Gasteiger partial charge in [0.2, 0.25) is 0 Å². The Labute approximate surface area is 127 Å². The van der Waals surface area contributed by atoms with E-state index in [1.165, 1.54) is 22.6 Å². The van der Waals surface area contributed by atoms with Crippen molar-refractivity contribution in [3.05, 3.63) is 45.3 Å². The van der Waals surface area contributed by atoms with Crippen molar-refractivity contribution in [3.8, 4) is 10.4 Å². The van der Waals surface area contributed by atoms with Crippen LogP contribution >= 0.6 is 34.5 Å². The molecule has 0 spiro atoms. The number of benzene rings is 1. The predicted octanol–water partition coefficient (Wildman–Crippen LogP) is 5.39. The molecule has 0 saturated heterocycles. The van der Waals surface area contributed by atoms with Crippen molar-refractivity contribution < 1.29 is 0 Å². The molecule has 1 saturated carbocycles. The second-order valence-electron chi connectivity index (χ2n) is 4.93. The first-order valence-electron chi connectivity index (χ1n) is 6.41. The molecule has 1 aliphatic carbocycles. The highest BCUT2D eigenvalue weighted by molar-refractivity contribution is 7.15. The number of hydrogen-bond donors (Lipinski definition) is 1. The quantitative estimate of drug-likeness (QED) is 0.798. The monoisotopic (exact) mass is 311 g/mol. The fourth-order valence-corrected chi connectivity index (χ4v) is 4.21. The molecule has 1 unspecified atom stereocenters. The highest BCUT2D eigenvalue weighted by Gasteiger charge is 2.32. The van der Waals surface area contributed by atoms with E-state index in [1.54, 1.807) is 6.07 Å². The summed E-state index contributed by atoms with van der Waals surface area (Å²) in [6.07, 6.45) is 2.67. The average molecular weight is 312 g/mol. The Morgan fingerprint density at radius 3 is 2.63 bits per heavy atom. The fraction of sp³-hybridized carbons (Fsp3) is 0.333. The average Bonchev–Trinajstić information content (AvgIpc) is 3.09. The summed E-state index contributed by atoms with van der Waals surface area (Å²) in [6, 6.07) is 10.5. The van der Waals surface area contributed by atoms with Crippen molar-refractivity contribution in [3.63, 3.8) is 0 Å². The molecule has 1 heterocycles. The molecule has 1 aliphatic rings. The van der Waals surface area contributed by atoms with E-state index in [-0.39, 0.29) is 0 Å². The third kappa shape index (κ3) is 2.82. The van der Waals surface area contributed by atoms with Crippen molar-refractivity contribution >= 4 is 34.5 Å². The van der Waals surface area contributed by atoms with Crippen LogP contribution in [0.1, 0.15) is 23.8 Å². The zero-order valence-corrected chi connectivity index (χ0v) is 12.9. The predicted molar refractivity (Wildman–Crippen MR) is 84.3 cm³/mol. The highest BCUT2D eigenvalue weighted by Crippen LogP contribution is 2.44. The number of thiophene rings is 1. The molecule has 0 bridgehead atoms. The summed E-state index contributed by atoms with van der Waals surface area (Å²) in [4.78, 5) is 2.60. The molecule has 0 aliphatic heterocycles. The zero-order chi connectivity index (χ0) is 13.4. The molecular weight excluding hydrogens is 297 g/mol. The van der Waals surface area contributed by atoms with Crippen LogP contribution in [0.3, 0.4) is 0 Å². The molecule has 1 aromatic heterocycles. The first-order chi connectivity index (χ1) is 9.19. The first-order valence-corrected chi connectivity index (χ1v) is 7.98. The van der Waals surface area contributed by atoms with Gasteiger partial charge >= 0.3 is 0 Å². The lowest BCUT2D eigenvalue weighted by atomic mass is 10.1. The van der Waals surface area contributed by atoms with Crippen LogP contribution in [0.5, 0.6) is 0 Å². The van der Waals surface area contributed by atoms with Gasteiger partial charge in [-0.3, -0.25) is 0 Å². The van der Waals surface area contributed by atoms with Gasteiger partial charge in [-0.2, -0.15) is 0 Å². The molecule has 1 fully saturated rings. The molecule has 0 radical (unpaired) electrons. The summed E-state index contributed by atoms with van der Waals surface area (Å²) in [5, 5.41) is 4.82. The van der Waals surface area contributed by atoms with Crippen molar-refractivity contribution in [2.75, 3.05) is 7.05 Å². The van der Waals surface area contributed by atoms with Crippen LogP contribution in [-0.4, -0.2) is 7.05 Å². The van der Waals surface area contributed by atoms with Crippen molar-refractivity contribution in [1.29, 1.82) is 0 Å². The van der Waals surface area contributed by atoms with Crippen LogP contribution < -0.4 is 5.32 Å². The second kappa shape index (κ2) is 5.45. The molecule has 1 aromatic carbocycles. The van der Waals surface area contributed by atoms with Gasteiger partial charge < -0.3 is 5.32 Å². The number of hydrogen-bond acceptors (Lipinski definition) is 2. The van der Waals surface area contributed by atoms with E-state index in [0.717, 1.165) is 11.5 Å². The number of nitrogens with one attached hydrogen (secondary N) is 1. The summed E-state index contributed by atoms with van der Waals surface area (Å²) >= 11 is 14.0. The van der Waals surface area contributed by atoms with Gasteiger partial charge in [0, 0.05) is 26.4 Å². The van der Waals surface area contributed by atoms with Crippen LogP contribution in [0.15, 0.2) is 30.3 Å².